The maximum atomic E-state index is 13.5. The lowest BCUT2D eigenvalue weighted by atomic mass is 9.68. The van der Waals surface area contributed by atoms with Crippen molar-refractivity contribution in [2.24, 2.45) is 5.92 Å². The Morgan fingerprint density at radius 2 is 1.93 bits per heavy atom. The standard InChI is InChI=1S/C23H26ClNO2/c1-27-19-11-7-10-18(16-19)22(26)25-15-14-23(24)13-6-5-12-20(23)21(25)17-8-3-2-4-9-17/h2-4,7-11,16,20-21H,5-6,12-15H2,1H3. The van der Waals surface area contributed by atoms with Crippen molar-refractivity contribution in [2.45, 2.75) is 43.0 Å². The SMILES string of the molecule is COc1cccc(C(=O)N2CCC3(Cl)CCCCC3C2c2ccccc2)c1. The van der Waals surface area contributed by atoms with Crippen molar-refractivity contribution in [3.05, 3.63) is 65.7 Å². The second-order valence-electron chi connectivity index (χ2n) is 7.72. The van der Waals surface area contributed by atoms with Crippen LogP contribution in [0.2, 0.25) is 0 Å². The third-order valence-electron chi connectivity index (χ3n) is 6.23. The maximum Gasteiger partial charge on any atom is 0.254 e. The summed E-state index contributed by atoms with van der Waals surface area (Å²) in [7, 11) is 1.63. The number of fused-ring (bicyclic) bond motifs is 1. The number of methoxy groups -OCH3 is 1. The van der Waals surface area contributed by atoms with Crippen LogP contribution < -0.4 is 4.74 Å². The molecule has 2 aromatic carbocycles. The van der Waals surface area contributed by atoms with E-state index in [-0.39, 0.29) is 16.8 Å². The number of hydrogen-bond acceptors (Lipinski definition) is 2. The van der Waals surface area contributed by atoms with E-state index in [1.807, 2.05) is 35.2 Å². The van der Waals surface area contributed by atoms with E-state index in [1.54, 1.807) is 7.11 Å². The van der Waals surface area contributed by atoms with Crippen LogP contribution in [0.4, 0.5) is 0 Å². The van der Waals surface area contributed by atoms with Crippen LogP contribution in [0.3, 0.4) is 0 Å². The molecule has 3 unspecified atom stereocenters. The zero-order valence-electron chi connectivity index (χ0n) is 15.7. The molecule has 1 amide bonds. The zero-order valence-corrected chi connectivity index (χ0v) is 16.5. The fraction of sp³-hybridized carbons (Fsp3) is 0.435. The Morgan fingerprint density at radius 1 is 1.11 bits per heavy atom. The normalized spacial score (nSPS) is 27.7. The minimum Gasteiger partial charge on any atom is -0.497 e. The number of carbonyl (C=O) groups is 1. The number of hydrogen-bond donors (Lipinski definition) is 0. The fourth-order valence-electron chi connectivity index (χ4n) is 4.85. The van der Waals surface area contributed by atoms with Gasteiger partial charge in [0.2, 0.25) is 0 Å². The molecule has 1 saturated heterocycles. The molecule has 1 heterocycles. The first kappa shape index (κ1) is 18.4. The molecule has 0 N–H and O–H groups in total. The third-order valence-corrected chi connectivity index (χ3v) is 6.88. The summed E-state index contributed by atoms with van der Waals surface area (Å²) in [4.78, 5) is 15.3. The van der Waals surface area contributed by atoms with Gasteiger partial charge in [-0.3, -0.25) is 4.79 Å². The van der Waals surface area contributed by atoms with Gasteiger partial charge in [-0.2, -0.15) is 0 Å². The van der Waals surface area contributed by atoms with Gasteiger partial charge in [0, 0.05) is 18.0 Å². The molecule has 1 saturated carbocycles. The predicted molar refractivity (Wildman–Crippen MR) is 108 cm³/mol. The molecule has 3 atom stereocenters. The molecule has 0 aromatic heterocycles. The number of halogens is 1. The first-order chi connectivity index (χ1) is 13.1. The molecule has 4 rings (SSSR count). The Balaban J connectivity index is 1.73. The van der Waals surface area contributed by atoms with Gasteiger partial charge in [0.25, 0.3) is 5.91 Å². The van der Waals surface area contributed by atoms with Crippen LogP contribution in [0.5, 0.6) is 5.75 Å². The number of rotatable bonds is 3. The van der Waals surface area contributed by atoms with Crippen molar-refractivity contribution in [1.29, 1.82) is 0 Å². The van der Waals surface area contributed by atoms with Crippen molar-refractivity contribution in [2.75, 3.05) is 13.7 Å². The zero-order chi connectivity index (χ0) is 18.9. The number of nitrogens with zero attached hydrogens (tertiary/aromatic N) is 1. The molecule has 2 aromatic rings. The molecule has 27 heavy (non-hydrogen) atoms. The summed E-state index contributed by atoms with van der Waals surface area (Å²) >= 11 is 7.13. The second-order valence-corrected chi connectivity index (χ2v) is 8.48. The van der Waals surface area contributed by atoms with Gasteiger partial charge in [0.15, 0.2) is 0 Å². The highest BCUT2D eigenvalue weighted by molar-refractivity contribution is 6.24. The van der Waals surface area contributed by atoms with Crippen molar-refractivity contribution < 1.29 is 9.53 Å². The molecule has 0 radical (unpaired) electrons. The van der Waals surface area contributed by atoms with Gasteiger partial charge >= 0.3 is 0 Å². The summed E-state index contributed by atoms with van der Waals surface area (Å²) in [5.74, 6) is 1.06. The van der Waals surface area contributed by atoms with Gasteiger partial charge < -0.3 is 9.64 Å². The van der Waals surface area contributed by atoms with Crippen molar-refractivity contribution in [3.63, 3.8) is 0 Å². The molecule has 2 fully saturated rings. The monoisotopic (exact) mass is 383 g/mol. The van der Waals surface area contributed by atoms with E-state index < -0.39 is 0 Å². The summed E-state index contributed by atoms with van der Waals surface area (Å²) in [5, 5.41) is 0. The molecule has 142 valence electrons. The number of piperidine rings is 1. The molecule has 4 heteroatoms. The highest BCUT2D eigenvalue weighted by atomic mass is 35.5. The van der Waals surface area contributed by atoms with Crippen LogP contribution in [0.1, 0.15) is 54.1 Å². The lowest BCUT2D eigenvalue weighted by Crippen LogP contribution is -2.53. The average Bonchev–Trinajstić information content (AvgIpc) is 2.72. The first-order valence-electron chi connectivity index (χ1n) is 9.81. The molecule has 0 spiro atoms. The van der Waals surface area contributed by atoms with Crippen LogP contribution >= 0.6 is 11.6 Å². The van der Waals surface area contributed by atoms with E-state index in [0.717, 1.165) is 19.3 Å². The van der Waals surface area contributed by atoms with E-state index in [9.17, 15) is 4.79 Å². The number of benzene rings is 2. The van der Waals surface area contributed by atoms with Gasteiger partial charge in [0.05, 0.1) is 18.0 Å². The van der Waals surface area contributed by atoms with Crippen molar-refractivity contribution in [1.82, 2.24) is 4.90 Å². The first-order valence-corrected chi connectivity index (χ1v) is 10.2. The summed E-state index contributed by atoms with van der Waals surface area (Å²) in [6.45, 7) is 0.690. The molecule has 1 aliphatic carbocycles. The number of amides is 1. The lowest BCUT2D eigenvalue weighted by Gasteiger charge is -2.52. The Kier molecular flexibility index (Phi) is 5.14. The quantitative estimate of drug-likeness (QED) is 0.659. The topological polar surface area (TPSA) is 29.5 Å². The maximum absolute atomic E-state index is 13.5. The molecule has 2 aliphatic rings. The van der Waals surface area contributed by atoms with E-state index in [2.05, 4.69) is 24.3 Å². The van der Waals surface area contributed by atoms with Crippen LogP contribution in [-0.4, -0.2) is 29.3 Å². The van der Waals surface area contributed by atoms with Crippen LogP contribution in [0.25, 0.3) is 0 Å². The van der Waals surface area contributed by atoms with E-state index in [4.69, 9.17) is 16.3 Å². The number of carbonyl (C=O) groups excluding carboxylic acids is 1. The predicted octanol–water partition coefficient (Wildman–Crippen LogP) is 5.45. The van der Waals surface area contributed by atoms with Gasteiger partial charge in [-0.05, 0) is 43.0 Å². The molecular formula is C23H26ClNO2. The Labute approximate surface area is 166 Å². The fourth-order valence-corrected chi connectivity index (χ4v) is 5.30. The summed E-state index contributed by atoms with van der Waals surface area (Å²) in [5.41, 5.74) is 1.86. The molecule has 3 nitrogen and oxygen atoms in total. The number of ether oxygens (including phenoxy) is 1. The molecule has 0 bridgehead atoms. The number of likely N-dealkylation sites (tertiary alicyclic amines) is 1. The summed E-state index contributed by atoms with van der Waals surface area (Å²) < 4.78 is 5.31. The second kappa shape index (κ2) is 7.55. The van der Waals surface area contributed by atoms with Crippen molar-refractivity contribution >= 4 is 17.5 Å². The molecule has 1 aliphatic heterocycles. The van der Waals surface area contributed by atoms with Crippen LogP contribution in [0, 0.1) is 5.92 Å². The van der Waals surface area contributed by atoms with Crippen LogP contribution in [0.15, 0.2) is 54.6 Å². The van der Waals surface area contributed by atoms with Crippen molar-refractivity contribution in [3.8, 4) is 5.75 Å². The Hall–Kier alpha value is -2.00. The van der Waals surface area contributed by atoms with Gasteiger partial charge in [-0.1, -0.05) is 49.2 Å². The highest BCUT2D eigenvalue weighted by Gasteiger charge is 2.50. The Morgan fingerprint density at radius 3 is 2.70 bits per heavy atom. The average molecular weight is 384 g/mol. The Bertz CT molecular complexity index is 809. The van der Waals surface area contributed by atoms with Gasteiger partial charge in [-0.15, -0.1) is 11.6 Å². The number of alkyl halides is 1. The lowest BCUT2D eigenvalue weighted by molar-refractivity contribution is 0.0279. The minimum absolute atomic E-state index is 0.0245. The highest BCUT2D eigenvalue weighted by Crippen LogP contribution is 2.52. The van der Waals surface area contributed by atoms with Gasteiger partial charge in [-0.25, -0.2) is 0 Å². The third kappa shape index (κ3) is 3.45. The smallest absolute Gasteiger partial charge is 0.254 e. The van der Waals surface area contributed by atoms with E-state index >= 15 is 0 Å². The largest absolute Gasteiger partial charge is 0.497 e. The summed E-state index contributed by atoms with van der Waals surface area (Å²) in [6, 6.07) is 17.9. The van der Waals surface area contributed by atoms with E-state index in [1.165, 1.54) is 18.4 Å². The summed E-state index contributed by atoms with van der Waals surface area (Å²) in [6.07, 6.45) is 5.35. The van der Waals surface area contributed by atoms with E-state index in [0.29, 0.717) is 23.8 Å². The minimum atomic E-state index is -0.191. The van der Waals surface area contributed by atoms with Crippen LogP contribution in [-0.2, 0) is 0 Å². The van der Waals surface area contributed by atoms with Gasteiger partial charge in [0.1, 0.15) is 5.75 Å². The molecular weight excluding hydrogens is 358 g/mol.